The first-order chi connectivity index (χ1) is 25.8. The first kappa shape index (κ1) is 28.8. The van der Waals surface area contributed by atoms with E-state index in [1.54, 1.807) is 0 Å². The molecule has 0 aliphatic rings. The molecule has 0 aliphatic carbocycles. The molecule has 0 aliphatic heterocycles. The van der Waals surface area contributed by atoms with Crippen LogP contribution in [0.15, 0.2) is 182 Å². The summed E-state index contributed by atoms with van der Waals surface area (Å²) in [7, 11) is 0. The zero-order chi connectivity index (χ0) is 34.2. The Bertz CT molecular complexity index is 3170. The summed E-state index contributed by atoms with van der Waals surface area (Å²) in [6.45, 7) is 0. The minimum absolute atomic E-state index is 0.927. The van der Waals surface area contributed by atoms with Crippen molar-refractivity contribution in [2.24, 2.45) is 0 Å². The zero-order valence-electron chi connectivity index (χ0n) is 28.1. The number of fused-ring (bicyclic) bond motifs is 9. The van der Waals surface area contributed by atoms with E-state index in [-0.39, 0.29) is 0 Å². The highest BCUT2D eigenvalue weighted by molar-refractivity contribution is 6.18. The lowest BCUT2D eigenvalue weighted by molar-refractivity contribution is 1.18. The van der Waals surface area contributed by atoms with Gasteiger partial charge in [-0.1, -0.05) is 103 Å². The van der Waals surface area contributed by atoms with Crippen molar-refractivity contribution in [3.8, 4) is 33.9 Å². The molecule has 0 saturated heterocycles. The Hall–Kier alpha value is -7.04. The van der Waals surface area contributed by atoms with Crippen molar-refractivity contribution in [1.29, 1.82) is 0 Å². The number of rotatable bonds is 4. The largest absolute Gasteiger partial charge is 0.309 e. The van der Waals surface area contributed by atoms with Crippen LogP contribution in [0.3, 0.4) is 0 Å². The van der Waals surface area contributed by atoms with Crippen molar-refractivity contribution in [2.75, 3.05) is 0 Å². The predicted molar refractivity (Wildman–Crippen MR) is 217 cm³/mol. The average molecular weight is 663 g/mol. The molecule has 0 atom stereocenters. The topological polar surface area (TPSA) is 35.6 Å². The van der Waals surface area contributed by atoms with Gasteiger partial charge in [-0.25, -0.2) is 4.98 Å². The molecule has 11 aromatic rings. The fourth-order valence-corrected chi connectivity index (χ4v) is 8.28. The van der Waals surface area contributed by atoms with Crippen molar-refractivity contribution in [1.82, 2.24) is 19.1 Å². The maximum absolute atomic E-state index is 5.42. The van der Waals surface area contributed by atoms with Crippen molar-refractivity contribution in [3.63, 3.8) is 0 Å². The Morgan fingerprint density at radius 3 is 1.42 bits per heavy atom. The maximum Gasteiger partial charge on any atom is 0.0810 e. The monoisotopic (exact) mass is 662 g/mol. The number of aromatic nitrogens is 4. The molecule has 0 unspecified atom stereocenters. The standard InChI is InChI=1S/C48H30N4/c1-3-13-33(14-4-1)51-42-21-11-8-18-36(42)39-29-31(23-25-44(39)51)47-46-38(27-28-49-47)35-17-7-10-20-41(35)50-48(46)32-24-26-45-40(30-32)37-19-9-12-22-43(37)52(45)34-15-5-2-6-16-34/h1-30H. The van der Waals surface area contributed by atoms with Crippen LogP contribution in [-0.4, -0.2) is 19.1 Å². The van der Waals surface area contributed by atoms with Crippen molar-refractivity contribution >= 4 is 65.3 Å². The molecule has 0 N–H and O–H groups in total. The van der Waals surface area contributed by atoms with Crippen molar-refractivity contribution in [2.45, 2.75) is 0 Å². The zero-order valence-corrected chi connectivity index (χ0v) is 28.1. The molecule has 7 aromatic carbocycles. The third-order valence-electron chi connectivity index (χ3n) is 10.5. The third-order valence-corrected chi connectivity index (χ3v) is 10.5. The van der Waals surface area contributed by atoms with E-state index in [4.69, 9.17) is 9.97 Å². The third kappa shape index (κ3) is 4.21. The van der Waals surface area contributed by atoms with Crippen LogP contribution in [-0.2, 0) is 0 Å². The van der Waals surface area contributed by atoms with Gasteiger partial charge in [0, 0.05) is 61.0 Å². The molecule has 0 bridgehead atoms. The van der Waals surface area contributed by atoms with E-state index in [2.05, 4.69) is 185 Å². The van der Waals surface area contributed by atoms with Gasteiger partial charge >= 0.3 is 0 Å². The van der Waals surface area contributed by atoms with Gasteiger partial charge in [0.25, 0.3) is 0 Å². The molecule has 4 heteroatoms. The van der Waals surface area contributed by atoms with Crippen LogP contribution in [0, 0.1) is 0 Å². The summed E-state index contributed by atoms with van der Waals surface area (Å²) in [5, 5.41) is 8.14. The minimum Gasteiger partial charge on any atom is -0.309 e. The van der Waals surface area contributed by atoms with Crippen LogP contribution < -0.4 is 0 Å². The smallest absolute Gasteiger partial charge is 0.0810 e. The van der Waals surface area contributed by atoms with Gasteiger partial charge in [-0.15, -0.1) is 0 Å². The summed E-state index contributed by atoms with van der Waals surface area (Å²) in [5.74, 6) is 0. The minimum atomic E-state index is 0.927. The van der Waals surface area contributed by atoms with E-state index < -0.39 is 0 Å². The second-order valence-corrected chi connectivity index (χ2v) is 13.4. The van der Waals surface area contributed by atoms with Gasteiger partial charge in [-0.05, 0) is 78.2 Å². The lowest BCUT2D eigenvalue weighted by Crippen LogP contribution is -1.96. The number of nitrogens with zero attached hydrogens (tertiary/aromatic N) is 4. The van der Waals surface area contributed by atoms with Gasteiger partial charge in [-0.3, -0.25) is 4.98 Å². The van der Waals surface area contributed by atoms with Crippen LogP contribution in [0.5, 0.6) is 0 Å². The summed E-state index contributed by atoms with van der Waals surface area (Å²) < 4.78 is 4.71. The molecule has 4 aromatic heterocycles. The lowest BCUT2D eigenvalue weighted by Gasteiger charge is -2.14. The van der Waals surface area contributed by atoms with E-state index in [1.165, 1.54) is 43.6 Å². The second-order valence-electron chi connectivity index (χ2n) is 13.4. The summed E-state index contributed by atoms with van der Waals surface area (Å²) >= 11 is 0. The summed E-state index contributed by atoms with van der Waals surface area (Å²) in [6.07, 6.45) is 1.95. The highest BCUT2D eigenvalue weighted by Gasteiger charge is 2.20. The van der Waals surface area contributed by atoms with Crippen molar-refractivity contribution in [3.05, 3.63) is 182 Å². The fraction of sp³-hybridized carbons (Fsp3) is 0. The summed E-state index contributed by atoms with van der Waals surface area (Å²) in [6, 6.07) is 62.7. The fourth-order valence-electron chi connectivity index (χ4n) is 8.28. The average Bonchev–Trinajstić information content (AvgIpc) is 3.73. The molecule has 0 spiro atoms. The Morgan fingerprint density at radius 1 is 0.346 bits per heavy atom. The molecule has 0 saturated carbocycles. The Balaban J connectivity index is 1.19. The molecule has 0 fully saturated rings. The predicted octanol–water partition coefficient (Wildman–Crippen LogP) is 12.3. The Morgan fingerprint density at radius 2 is 0.827 bits per heavy atom. The summed E-state index contributed by atoms with van der Waals surface area (Å²) in [4.78, 5) is 10.5. The number of hydrogen-bond donors (Lipinski definition) is 0. The van der Waals surface area contributed by atoms with Crippen molar-refractivity contribution < 1.29 is 0 Å². The number of benzene rings is 7. The van der Waals surface area contributed by atoms with Crippen LogP contribution in [0.1, 0.15) is 0 Å². The number of para-hydroxylation sites is 5. The summed E-state index contributed by atoms with van der Waals surface area (Å²) in [5.41, 5.74) is 11.9. The quantitative estimate of drug-likeness (QED) is 0.176. The van der Waals surface area contributed by atoms with E-state index in [1.807, 2.05) is 6.20 Å². The molecule has 4 nitrogen and oxygen atoms in total. The second kappa shape index (κ2) is 11.2. The Kier molecular flexibility index (Phi) is 6.22. The van der Waals surface area contributed by atoms with Crippen LogP contribution in [0.4, 0.5) is 0 Å². The van der Waals surface area contributed by atoms with Gasteiger partial charge in [0.15, 0.2) is 0 Å². The number of hydrogen-bond acceptors (Lipinski definition) is 2. The first-order valence-electron chi connectivity index (χ1n) is 17.7. The highest BCUT2D eigenvalue weighted by Crippen LogP contribution is 2.42. The van der Waals surface area contributed by atoms with Gasteiger partial charge in [0.05, 0.1) is 39.0 Å². The van der Waals surface area contributed by atoms with Crippen LogP contribution in [0.25, 0.3) is 99.2 Å². The van der Waals surface area contributed by atoms with E-state index in [9.17, 15) is 0 Å². The molecule has 0 amide bonds. The number of pyridine rings is 2. The van der Waals surface area contributed by atoms with Gasteiger partial charge < -0.3 is 9.13 Å². The van der Waals surface area contributed by atoms with Crippen LogP contribution in [0.2, 0.25) is 0 Å². The van der Waals surface area contributed by atoms with Gasteiger partial charge in [0.2, 0.25) is 0 Å². The molecule has 4 heterocycles. The normalized spacial score (nSPS) is 11.8. The lowest BCUT2D eigenvalue weighted by atomic mass is 9.95. The molecule has 242 valence electrons. The van der Waals surface area contributed by atoms with E-state index >= 15 is 0 Å². The maximum atomic E-state index is 5.42. The molecule has 11 rings (SSSR count). The Labute approximate surface area is 299 Å². The van der Waals surface area contributed by atoms with Gasteiger partial charge in [-0.2, -0.15) is 0 Å². The van der Waals surface area contributed by atoms with Crippen LogP contribution >= 0.6 is 0 Å². The molecular formula is C48H30N4. The molecule has 52 heavy (non-hydrogen) atoms. The van der Waals surface area contributed by atoms with Gasteiger partial charge in [0.1, 0.15) is 0 Å². The highest BCUT2D eigenvalue weighted by atomic mass is 15.0. The first-order valence-corrected chi connectivity index (χ1v) is 17.7. The molecular weight excluding hydrogens is 633 g/mol. The van der Waals surface area contributed by atoms with E-state index in [0.29, 0.717) is 0 Å². The SMILES string of the molecule is c1ccc(-n2c3ccccc3c3cc(-c4nccc5c4c(-c4ccc6c(c4)c4ccccc4n6-c4ccccc4)nc4ccccc45)ccc32)cc1. The van der Waals surface area contributed by atoms with E-state index in [0.717, 1.165) is 55.6 Å². The molecule has 0 radical (unpaired) electrons.